The van der Waals surface area contributed by atoms with Crippen LogP contribution in [0.1, 0.15) is 5.56 Å². The second-order valence-corrected chi connectivity index (χ2v) is 6.17. The van der Waals surface area contributed by atoms with Gasteiger partial charge in [0.05, 0.1) is 12.8 Å². The number of carbonyl (C=O) groups excluding carboxylic acids is 1. The van der Waals surface area contributed by atoms with Crippen molar-refractivity contribution in [1.82, 2.24) is 15.1 Å². The van der Waals surface area contributed by atoms with Gasteiger partial charge in [0.15, 0.2) is 0 Å². The van der Waals surface area contributed by atoms with Crippen molar-refractivity contribution >= 4 is 5.91 Å². The van der Waals surface area contributed by atoms with Gasteiger partial charge in [0.1, 0.15) is 18.1 Å². The zero-order chi connectivity index (χ0) is 19.9. The van der Waals surface area contributed by atoms with Crippen LogP contribution in [0.5, 0.6) is 5.75 Å². The van der Waals surface area contributed by atoms with Crippen molar-refractivity contribution in [2.75, 3.05) is 13.7 Å². The van der Waals surface area contributed by atoms with E-state index in [-0.39, 0.29) is 23.8 Å². The fourth-order valence-electron chi connectivity index (χ4n) is 2.70. The number of ether oxygens (including phenoxy) is 1. The quantitative estimate of drug-likeness (QED) is 0.682. The first-order valence-corrected chi connectivity index (χ1v) is 8.79. The number of hydrogen-bond donors (Lipinski definition) is 1. The summed E-state index contributed by atoms with van der Waals surface area (Å²) in [7, 11) is 1.60. The maximum Gasteiger partial charge on any atom is 0.267 e. The second kappa shape index (κ2) is 8.94. The highest BCUT2D eigenvalue weighted by atomic mass is 19.1. The van der Waals surface area contributed by atoms with Crippen LogP contribution in [-0.4, -0.2) is 29.3 Å². The van der Waals surface area contributed by atoms with Crippen LogP contribution in [0.15, 0.2) is 65.5 Å². The number of nitrogens with one attached hydrogen (secondary N) is 1. The first-order valence-electron chi connectivity index (χ1n) is 8.79. The van der Waals surface area contributed by atoms with Gasteiger partial charge in [-0.1, -0.05) is 12.1 Å². The van der Waals surface area contributed by atoms with E-state index in [2.05, 4.69) is 10.4 Å². The summed E-state index contributed by atoms with van der Waals surface area (Å²) < 4.78 is 19.3. The zero-order valence-electron chi connectivity index (χ0n) is 15.4. The van der Waals surface area contributed by atoms with E-state index in [1.54, 1.807) is 25.3 Å². The minimum absolute atomic E-state index is 0.189. The van der Waals surface area contributed by atoms with Crippen LogP contribution in [0, 0.1) is 5.82 Å². The average molecular weight is 381 g/mol. The van der Waals surface area contributed by atoms with E-state index >= 15 is 0 Å². The van der Waals surface area contributed by atoms with Crippen LogP contribution >= 0.6 is 0 Å². The molecule has 1 heterocycles. The minimum atomic E-state index is -0.381. The third-order valence-corrected chi connectivity index (χ3v) is 4.17. The molecule has 1 amide bonds. The first kappa shape index (κ1) is 19.3. The molecule has 0 spiro atoms. The standard InChI is InChI=1S/C21H20FN3O3/c1-28-18-4-2-3-15(13-18)11-12-23-20(26)14-25-21(27)10-9-19(24-25)16-5-7-17(22)8-6-16/h2-10,13H,11-12,14H2,1H3,(H,23,26). The summed E-state index contributed by atoms with van der Waals surface area (Å²) in [5.74, 6) is 0.0958. The molecule has 2 aromatic carbocycles. The van der Waals surface area contributed by atoms with Gasteiger partial charge in [0, 0.05) is 18.2 Å². The molecule has 1 N–H and O–H groups in total. The Morgan fingerprint density at radius 3 is 2.68 bits per heavy atom. The van der Waals surface area contributed by atoms with Crippen molar-refractivity contribution < 1.29 is 13.9 Å². The lowest BCUT2D eigenvalue weighted by Crippen LogP contribution is -2.34. The third-order valence-electron chi connectivity index (χ3n) is 4.17. The van der Waals surface area contributed by atoms with Crippen LogP contribution < -0.4 is 15.6 Å². The molecule has 0 saturated carbocycles. The lowest BCUT2D eigenvalue weighted by atomic mass is 10.1. The predicted molar refractivity (Wildman–Crippen MR) is 104 cm³/mol. The van der Waals surface area contributed by atoms with Crippen molar-refractivity contribution in [3.05, 3.63) is 82.4 Å². The molecule has 0 fully saturated rings. The van der Waals surface area contributed by atoms with E-state index in [1.165, 1.54) is 18.2 Å². The Morgan fingerprint density at radius 2 is 1.93 bits per heavy atom. The smallest absolute Gasteiger partial charge is 0.267 e. The zero-order valence-corrected chi connectivity index (χ0v) is 15.4. The molecule has 3 rings (SSSR count). The van der Waals surface area contributed by atoms with Gasteiger partial charge in [-0.25, -0.2) is 9.07 Å². The number of aromatic nitrogens is 2. The first-order chi connectivity index (χ1) is 13.5. The number of nitrogens with zero attached hydrogens (tertiary/aromatic N) is 2. The Labute approximate surface area is 161 Å². The Hall–Kier alpha value is -3.48. The molecule has 7 heteroatoms. The normalized spacial score (nSPS) is 10.5. The molecule has 144 valence electrons. The largest absolute Gasteiger partial charge is 0.497 e. The average Bonchev–Trinajstić information content (AvgIpc) is 2.70. The highest BCUT2D eigenvalue weighted by molar-refractivity contribution is 5.75. The molecule has 0 atom stereocenters. The molecule has 0 aliphatic carbocycles. The van der Waals surface area contributed by atoms with Gasteiger partial charge in [-0.15, -0.1) is 0 Å². The molecule has 0 radical (unpaired) electrons. The summed E-state index contributed by atoms with van der Waals surface area (Å²) in [5.41, 5.74) is 1.81. The number of benzene rings is 2. The van der Waals surface area contributed by atoms with Crippen LogP contribution in [0.4, 0.5) is 4.39 Å². The van der Waals surface area contributed by atoms with Crippen molar-refractivity contribution in [3.63, 3.8) is 0 Å². The van der Waals surface area contributed by atoms with Gasteiger partial charge in [-0.2, -0.15) is 5.10 Å². The molecule has 3 aromatic rings. The summed E-state index contributed by atoms with van der Waals surface area (Å²) in [6, 6.07) is 16.3. The Bertz CT molecular complexity index is 1020. The van der Waals surface area contributed by atoms with Crippen molar-refractivity contribution in [2.24, 2.45) is 0 Å². The number of halogens is 1. The third kappa shape index (κ3) is 5.03. The van der Waals surface area contributed by atoms with Gasteiger partial charge < -0.3 is 10.1 Å². The number of hydrogen-bond acceptors (Lipinski definition) is 4. The number of carbonyl (C=O) groups is 1. The van der Waals surface area contributed by atoms with Gasteiger partial charge in [0.2, 0.25) is 5.91 Å². The van der Waals surface area contributed by atoms with Crippen molar-refractivity contribution in [1.29, 1.82) is 0 Å². The van der Waals surface area contributed by atoms with E-state index < -0.39 is 0 Å². The molecular formula is C21H20FN3O3. The van der Waals surface area contributed by atoms with Gasteiger partial charge >= 0.3 is 0 Å². The second-order valence-electron chi connectivity index (χ2n) is 6.17. The molecular weight excluding hydrogens is 361 g/mol. The van der Waals surface area contributed by atoms with E-state index in [0.717, 1.165) is 16.0 Å². The highest BCUT2D eigenvalue weighted by Gasteiger charge is 2.08. The van der Waals surface area contributed by atoms with Crippen LogP contribution in [0.2, 0.25) is 0 Å². The van der Waals surface area contributed by atoms with Gasteiger partial charge in [-0.05, 0) is 54.4 Å². The van der Waals surface area contributed by atoms with E-state index in [0.29, 0.717) is 24.2 Å². The number of amides is 1. The molecule has 0 aliphatic heterocycles. The topological polar surface area (TPSA) is 73.2 Å². The lowest BCUT2D eigenvalue weighted by Gasteiger charge is -2.09. The molecule has 0 saturated heterocycles. The number of rotatable bonds is 7. The fourth-order valence-corrected chi connectivity index (χ4v) is 2.70. The Morgan fingerprint density at radius 1 is 1.14 bits per heavy atom. The maximum atomic E-state index is 13.1. The summed E-state index contributed by atoms with van der Waals surface area (Å²) >= 11 is 0. The highest BCUT2D eigenvalue weighted by Crippen LogP contribution is 2.15. The summed E-state index contributed by atoms with van der Waals surface area (Å²) in [5, 5.41) is 6.99. The van der Waals surface area contributed by atoms with Crippen LogP contribution in [0.3, 0.4) is 0 Å². The molecule has 1 aromatic heterocycles. The van der Waals surface area contributed by atoms with Crippen molar-refractivity contribution in [3.8, 4) is 17.0 Å². The Kier molecular flexibility index (Phi) is 6.16. The summed E-state index contributed by atoms with van der Waals surface area (Å²) in [4.78, 5) is 24.2. The SMILES string of the molecule is COc1cccc(CCNC(=O)Cn2nc(-c3ccc(F)cc3)ccc2=O)c1. The molecule has 0 bridgehead atoms. The molecule has 0 unspecified atom stereocenters. The fraction of sp³-hybridized carbons (Fsp3) is 0.190. The maximum absolute atomic E-state index is 13.1. The monoisotopic (exact) mass is 381 g/mol. The lowest BCUT2D eigenvalue weighted by molar-refractivity contribution is -0.121. The van der Waals surface area contributed by atoms with E-state index in [4.69, 9.17) is 4.74 Å². The van der Waals surface area contributed by atoms with E-state index in [9.17, 15) is 14.0 Å². The molecule has 28 heavy (non-hydrogen) atoms. The summed E-state index contributed by atoms with van der Waals surface area (Å²) in [6.45, 7) is 0.240. The Balaban J connectivity index is 1.61. The van der Waals surface area contributed by atoms with E-state index in [1.807, 2.05) is 24.3 Å². The number of methoxy groups -OCH3 is 1. The van der Waals surface area contributed by atoms with Gasteiger partial charge in [-0.3, -0.25) is 9.59 Å². The molecule has 6 nitrogen and oxygen atoms in total. The van der Waals surface area contributed by atoms with Crippen molar-refractivity contribution in [2.45, 2.75) is 13.0 Å². The van der Waals surface area contributed by atoms with Gasteiger partial charge in [0.25, 0.3) is 5.56 Å². The minimum Gasteiger partial charge on any atom is -0.497 e. The molecule has 0 aliphatic rings. The van der Waals surface area contributed by atoms with Crippen LogP contribution in [0.25, 0.3) is 11.3 Å². The van der Waals surface area contributed by atoms with Crippen LogP contribution in [-0.2, 0) is 17.8 Å². The summed E-state index contributed by atoms with van der Waals surface area (Å²) in [6.07, 6.45) is 0.640. The predicted octanol–water partition coefficient (Wildman–Crippen LogP) is 2.42.